The largest absolute Gasteiger partial charge is 0.395 e. The minimum absolute atomic E-state index is 0.206. The number of halogens is 2. The minimum atomic E-state index is -3.90. The maximum absolute atomic E-state index is 12.9. The van der Waals surface area contributed by atoms with Gasteiger partial charge in [0, 0.05) is 6.04 Å². The summed E-state index contributed by atoms with van der Waals surface area (Å²) in [4.78, 5) is -0.221. The molecule has 5 nitrogen and oxygen atoms in total. The highest BCUT2D eigenvalue weighted by atomic mass is 35.5. The summed E-state index contributed by atoms with van der Waals surface area (Å²) in [6, 6.07) is 2.37. The van der Waals surface area contributed by atoms with Gasteiger partial charge in [-0.2, -0.15) is 0 Å². The molecule has 0 heterocycles. The molecule has 0 saturated heterocycles. The smallest absolute Gasteiger partial charge is 0.242 e. The molecule has 19 heavy (non-hydrogen) atoms. The average Bonchev–Trinajstić information content (AvgIpc) is 2.33. The van der Waals surface area contributed by atoms with Crippen molar-refractivity contribution in [1.29, 1.82) is 0 Å². The zero-order valence-electron chi connectivity index (χ0n) is 10.1. The fraction of sp³-hybridized carbons (Fsp3) is 0.455. The van der Waals surface area contributed by atoms with E-state index in [1.165, 1.54) is 0 Å². The Morgan fingerprint density at radius 1 is 1.47 bits per heavy atom. The third kappa shape index (κ3) is 4.70. The number of sulfonamides is 1. The monoisotopic (exact) mass is 310 g/mol. The summed E-state index contributed by atoms with van der Waals surface area (Å²) in [7, 11) is -3.90. The second-order valence-electron chi connectivity index (χ2n) is 4.01. The highest BCUT2D eigenvalue weighted by molar-refractivity contribution is 7.89. The third-order valence-corrected chi connectivity index (χ3v) is 4.49. The molecule has 1 atom stereocenters. The first-order valence-electron chi connectivity index (χ1n) is 5.69. The topological polar surface area (TPSA) is 92.4 Å². The summed E-state index contributed by atoms with van der Waals surface area (Å²) in [6.45, 7) is 0.0492. The molecule has 0 bridgehead atoms. The van der Waals surface area contributed by atoms with Gasteiger partial charge in [0.2, 0.25) is 10.0 Å². The van der Waals surface area contributed by atoms with Gasteiger partial charge in [-0.15, -0.1) is 0 Å². The van der Waals surface area contributed by atoms with Gasteiger partial charge in [0.05, 0.1) is 11.6 Å². The number of rotatable bonds is 7. The molecule has 0 fully saturated rings. The molecule has 0 aliphatic heterocycles. The highest BCUT2D eigenvalue weighted by Gasteiger charge is 2.22. The standard InChI is InChI=1S/C11H16ClFN2O3S/c12-10-6-8(13)3-4-11(10)19(17,18)15-9(7-16)2-1-5-14/h3-4,6,9,15-16H,1-2,5,7,14H2/t9-/m1/s1. The minimum Gasteiger partial charge on any atom is -0.395 e. The zero-order chi connectivity index (χ0) is 14.5. The van der Waals surface area contributed by atoms with Gasteiger partial charge in [0.1, 0.15) is 10.7 Å². The highest BCUT2D eigenvalue weighted by Crippen LogP contribution is 2.22. The summed E-state index contributed by atoms with van der Waals surface area (Å²) in [5.74, 6) is -0.620. The zero-order valence-corrected chi connectivity index (χ0v) is 11.7. The Morgan fingerprint density at radius 2 is 2.16 bits per heavy atom. The van der Waals surface area contributed by atoms with Gasteiger partial charge in [-0.3, -0.25) is 0 Å². The van der Waals surface area contributed by atoms with Crippen molar-refractivity contribution in [2.45, 2.75) is 23.8 Å². The van der Waals surface area contributed by atoms with E-state index < -0.39 is 21.9 Å². The molecule has 0 spiro atoms. The Hall–Kier alpha value is -0.730. The molecule has 0 radical (unpaired) electrons. The quantitative estimate of drug-likeness (QED) is 0.696. The molecule has 0 unspecified atom stereocenters. The van der Waals surface area contributed by atoms with Crippen molar-refractivity contribution in [1.82, 2.24) is 4.72 Å². The molecule has 0 amide bonds. The molecular formula is C11H16ClFN2O3S. The molecule has 8 heteroatoms. The van der Waals surface area contributed by atoms with Crippen molar-refractivity contribution in [3.8, 4) is 0 Å². The first kappa shape index (κ1) is 16.3. The van der Waals surface area contributed by atoms with E-state index in [2.05, 4.69) is 4.72 Å². The molecule has 108 valence electrons. The Morgan fingerprint density at radius 3 is 2.68 bits per heavy atom. The number of nitrogens with two attached hydrogens (primary N) is 1. The van der Waals surface area contributed by atoms with E-state index in [0.717, 1.165) is 18.2 Å². The molecule has 4 N–H and O–H groups in total. The van der Waals surface area contributed by atoms with Gasteiger partial charge >= 0.3 is 0 Å². The molecule has 0 aromatic heterocycles. The van der Waals surface area contributed by atoms with Gasteiger partial charge in [-0.05, 0) is 37.6 Å². The number of aliphatic hydroxyl groups excluding tert-OH is 1. The number of nitrogens with one attached hydrogen (secondary N) is 1. The van der Waals surface area contributed by atoms with Gasteiger partial charge in [0.25, 0.3) is 0 Å². The summed E-state index contributed by atoms with van der Waals surface area (Å²) >= 11 is 5.70. The van der Waals surface area contributed by atoms with Crippen LogP contribution in [0, 0.1) is 5.82 Å². The average molecular weight is 311 g/mol. The van der Waals surface area contributed by atoms with E-state index >= 15 is 0 Å². The molecule has 0 aliphatic rings. The van der Waals surface area contributed by atoms with Crippen LogP contribution in [0.1, 0.15) is 12.8 Å². The third-order valence-electron chi connectivity index (χ3n) is 2.48. The van der Waals surface area contributed by atoms with E-state index in [-0.39, 0.29) is 16.5 Å². The molecule has 0 aliphatic carbocycles. The van der Waals surface area contributed by atoms with Gasteiger partial charge < -0.3 is 10.8 Å². The van der Waals surface area contributed by atoms with Crippen molar-refractivity contribution < 1.29 is 17.9 Å². The summed E-state index contributed by atoms with van der Waals surface area (Å²) in [5, 5.41) is 8.91. The van der Waals surface area contributed by atoms with Crippen molar-refractivity contribution in [3.63, 3.8) is 0 Å². The van der Waals surface area contributed by atoms with Crippen LogP contribution in [-0.2, 0) is 10.0 Å². The lowest BCUT2D eigenvalue weighted by molar-refractivity contribution is 0.249. The van der Waals surface area contributed by atoms with Crippen LogP contribution in [0.4, 0.5) is 4.39 Å². The number of benzene rings is 1. The fourth-order valence-electron chi connectivity index (χ4n) is 1.53. The van der Waals surface area contributed by atoms with Crippen molar-refractivity contribution in [2.75, 3.05) is 13.2 Å². The van der Waals surface area contributed by atoms with Gasteiger partial charge in [-0.1, -0.05) is 11.6 Å². The van der Waals surface area contributed by atoms with Crippen LogP contribution >= 0.6 is 11.6 Å². The maximum atomic E-state index is 12.9. The van der Waals surface area contributed by atoms with Gasteiger partial charge in [0.15, 0.2) is 0 Å². The number of hydrogen-bond donors (Lipinski definition) is 3. The predicted molar refractivity (Wildman–Crippen MR) is 70.9 cm³/mol. The number of aliphatic hydroxyl groups is 1. The van der Waals surface area contributed by atoms with Crippen LogP contribution < -0.4 is 10.5 Å². The number of hydrogen-bond acceptors (Lipinski definition) is 4. The predicted octanol–water partition coefficient (Wildman–Crippen LogP) is 0.857. The van der Waals surface area contributed by atoms with Crippen LogP contribution in [0.2, 0.25) is 5.02 Å². The van der Waals surface area contributed by atoms with E-state index in [9.17, 15) is 12.8 Å². The maximum Gasteiger partial charge on any atom is 0.242 e. The first-order chi connectivity index (χ1) is 8.90. The summed E-state index contributed by atoms with van der Waals surface area (Å²) < 4.78 is 39.3. The van der Waals surface area contributed by atoms with Crippen LogP contribution in [0.5, 0.6) is 0 Å². The lowest BCUT2D eigenvalue weighted by Gasteiger charge is -2.16. The lowest BCUT2D eigenvalue weighted by Crippen LogP contribution is -2.37. The van der Waals surface area contributed by atoms with E-state index in [1.54, 1.807) is 0 Å². The van der Waals surface area contributed by atoms with Crippen molar-refractivity contribution in [2.24, 2.45) is 5.73 Å². The van der Waals surface area contributed by atoms with Crippen LogP contribution in [0.3, 0.4) is 0 Å². The molecule has 1 rings (SSSR count). The summed E-state index contributed by atoms with van der Waals surface area (Å²) in [6.07, 6.45) is 0.982. The normalized spacial score (nSPS) is 13.5. The second kappa shape index (κ2) is 7.16. The Labute approximate surface area is 116 Å². The molecule has 1 aromatic rings. The Bertz CT molecular complexity index is 525. The van der Waals surface area contributed by atoms with Crippen LogP contribution in [0.25, 0.3) is 0 Å². The molecular weight excluding hydrogens is 295 g/mol. The Kier molecular flexibility index (Phi) is 6.15. The molecule has 0 saturated carbocycles. The van der Waals surface area contributed by atoms with Gasteiger partial charge in [-0.25, -0.2) is 17.5 Å². The first-order valence-corrected chi connectivity index (χ1v) is 7.55. The van der Waals surface area contributed by atoms with E-state index in [4.69, 9.17) is 22.4 Å². The van der Waals surface area contributed by atoms with E-state index in [0.29, 0.717) is 19.4 Å². The Balaban J connectivity index is 2.90. The molecule has 1 aromatic carbocycles. The van der Waals surface area contributed by atoms with Crippen LogP contribution in [0.15, 0.2) is 23.1 Å². The SMILES string of the molecule is NCCC[C@H](CO)NS(=O)(=O)c1ccc(F)cc1Cl. The van der Waals surface area contributed by atoms with Crippen LogP contribution in [-0.4, -0.2) is 32.7 Å². The lowest BCUT2D eigenvalue weighted by atomic mass is 10.2. The second-order valence-corrected chi connectivity index (χ2v) is 6.10. The fourth-order valence-corrected chi connectivity index (χ4v) is 3.32. The van der Waals surface area contributed by atoms with Crippen molar-refractivity contribution >= 4 is 21.6 Å². The van der Waals surface area contributed by atoms with Crippen molar-refractivity contribution in [3.05, 3.63) is 29.0 Å². The van der Waals surface area contributed by atoms with E-state index in [1.807, 2.05) is 0 Å². The summed E-state index contributed by atoms with van der Waals surface area (Å²) in [5.41, 5.74) is 5.33.